The molecule has 0 bridgehead atoms. The highest BCUT2D eigenvalue weighted by molar-refractivity contribution is 5.18. The van der Waals surface area contributed by atoms with Gasteiger partial charge in [0.05, 0.1) is 0 Å². The van der Waals surface area contributed by atoms with Crippen molar-refractivity contribution in [1.82, 2.24) is 0 Å². The summed E-state index contributed by atoms with van der Waals surface area (Å²) < 4.78 is 0. The molecule has 4 aliphatic rings. The Morgan fingerprint density at radius 3 is 2.26 bits per heavy atom. The van der Waals surface area contributed by atoms with Crippen molar-refractivity contribution in [3.8, 4) is 0 Å². The molecule has 4 rings (SSSR count). The first-order chi connectivity index (χ1) is 10.8. The van der Waals surface area contributed by atoms with Crippen LogP contribution in [0.2, 0.25) is 0 Å². The lowest BCUT2D eigenvalue weighted by atomic mass is 9.33. The third-order valence-electron chi connectivity index (χ3n) is 10.9. The molecule has 132 valence electrons. The first-order valence-corrected chi connectivity index (χ1v) is 10.8. The summed E-state index contributed by atoms with van der Waals surface area (Å²) in [5.74, 6) is 3.03. The second-order valence-electron chi connectivity index (χ2n) is 10.9. The highest BCUT2D eigenvalue weighted by Crippen LogP contribution is 2.77. The van der Waals surface area contributed by atoms with E-state index < -0.39 is 0 Å². The van der Waals surface area contributed by atoms with E-state index in [-0.39, 0.29) is 0 Å². The van der Waals surface area contributed by atoms with E-state index in [1.807, 2.05) is 0 Å². The molecule has 0 heteroatoms. The molecule has 0 heterocycles. The van der Waals surface area contributed by atoms with Crippen molar-refractivity contribution in [1.29, 1.82) is 0 Å². The number of rotatable bonds is 1. The summed E-state index contributed by atoms with van der Waals surface area (Å²) in [5, 5.41) is 0. The predicted molar refractivity (Wildman–Crippen MR) is 99.4 cm³/mol. The van der Waals surface area contributed by atoms with Crippen molar-refractivity contribution in [2.24, 2.45) is 39.4 Å². The Bertz CT molecular complexity index is 480. The van der Waals surface area contributed by atoms with Gasteiger partial charge in [-0.05, 0) is 90.8 Å². The third kappa shape index (κ3) is 1.80. The molecule has 0 amide bonds. The molecule has 0 spiro atoms. The zero-order valence-electron chi connectivity index (χ0n) is 16.5. The van der Waals surface area contributed by atoms with Gasteiger partial charge in [0, 0.05) is 0 Å². The molecule has 4 saturated carbocycles. The predicted octanol–water partition coefficient (Wildman–Crippen LogP) is 7.23. The Hall–Kier alpha value is 0. The zero-order valence-corrected chi connectivity index (χ0v) is 16.5. The van der Waals surface area contributed by atoms with Crippen molar-refractivity contribution in [3.05, 3.63) is 0 Å². The molecule has 1 unspecified atom stereocenters. The lowest BCUT2D eigenvalue weighted by Crippen LogP contribution is -2.64. The maximum atomic E-state index is 2.75. The SMILES string of the molecule is CC[C@H]1CCC2[C@]1(C)CC[C@@]1(C)[C@@]2(C)CC[C@@H]2CCCC[C@@]21C. The summed E-state index contributed by atoms with van der Waals surface area (Å²) in [5.41, 5.74) is 2.48. The summed E-state index contributed by atoms with van der Waals surface area (Å²) in [6.45, 7) is 13.4. The molecule has 0 N–H and O–H groups in total. The van der Waals surface area contributed by atoms with Crippen LogP contribution >= 0.6 is 0 Å². The lowest BCUT2D eigenvalue weighted by Gasteiger charge is -2.71. The third-order valence-corrected chi connectivity index (χ3v) is 10.9. The quantitative estimate of drug-likeness (QED) is 0.479. The van der Waals surface area contributed by atoms with E-state index in [2.05, 4.69) is 34.6 Å². The number of hydrogen-bond donors (Lipinski definition) is 0. The molecule has 7 atom stereocenters. The van der Waals surface area contributed by atoms with Gasteiger partial charge in [-0.25, -0.2) is 0 Å². The smallest absolute Gasteiger partial charge is 0.0212 e. The average Bonchev–Trinajstić information content (AvgIpc) is 2.88. The molecule has 0 nitrogen and oxygen atoms in total. The molecule has 0 aliphatic heterocycles. The van der Waals surface area contributed by atoms with Crippen molar-refractivity contribution >= 4 is 0 Å². The minimum atomic E-state index is 0.593. The van der Waals surface area contributed by atoms with Gasteiger partial charge in [0.1, 0.15) is 0 Å². The molecule has 4 aliphatic carbocycles. The van der Waals surface area contributed by atoms with Crippen molar-refractivity contribution in [2.75, 3.05) is 0 Å². The minimum absolute atomic E-state index is 0.593. The van der Waals surface area contributed by atoms with Crippen LogP contribution in [0, 0.1) is 39.4 Å². The Labute approximate surface area is 145 Å². The Balaban J connectivity index is 1.77. The average molecular weight is 317 g/mol. The molecule has 0 radical (unpaired) electrons. The maximum absolute atomic E-state index is 2.75. The van der Waals surface area contributed by atoms with Crippen LogP contribution in [0.1, 0.15) is 105 Å². The van der Waals surface area contributed by atoms with E-state index in [1.54, 1.807) is 0 Å². The van der Waals surface area contributed by atoms with Gasteiger partial charge in [0.15, 0.2) is 0 Å². The van der Waals surface area contributed by atoms with Gasteiger partial charge in [-0.2, -0.15) is 0 Å². The van der Waals surface area contributed by atoms with Crippen molar-refractivity contribution in [3.63, 3.8) is 0 Å². The van der Waals surface area contributed by atoms with E-state index in [0.29, 0.717) is 21.7 Å². The van der Waals surface area contributed by atoms with Gasteiger partial charge in [0.2, 0.25) is 0 Å². The first-order valence-electron chi connectivity index (χ1n) is 10.8. The molecule has 0 saturated heterocycles. The molecule has 0 aromatic heterocycles. The summed E-state index contributed by atoms with van der Waals surface area (Å²) >= 11 is 0. The number of fused-ring (bicyclic) bond motifs is 5. The first kappa shape index (κ1) is 16.5. The summed E-state index contributed by atoms with van der Waals surface area (Å²) in [7, 11) is 0. The molecular formula is C23H40. The Kier molecular flexibility index (Phi) is 3.59. The van der Waals surface area contributed by atoms with Crippen LogP contribution < -0.4 is 0 Å². The van der Waals surface area contributed by atoms with Crippen LogP contribution in [0.4, 0.5) is 0 Å². The van der Waals surface area contributed by atoms with Gasteiger partial charge in [-0.1, -0.05) is 53.9 Å². The van der Waals surface area contributed by atoms with Gasteiger partial charge in [0.25, 0.3) is 0 Å². The van der Waals surface area contributed by atoms with E-state index in [4.69, 9.17) is 0 Å². The largest absolute Gasteiger partial charge is 0.0651 e. The summed E-state index contributed by atoms with van der Waals surface area (Å²) in [6.07, 6.45) is 16.6. The number of hydrogen-bond acceptors (Lipinski definition) is 0. The normalized spacial score (nSPS) is 59.1. The van der Waals surface area contributed by atoms with Gasteiger partial charge in [-0.3, -0.25) is 0 Å². The maximum Gasteiger partial charge on any atom is -0.0212 e. The minimum Gasteiger partial charge on any atom is -0.0651 e. The van der Waals surface area contributed by atoms with Crippen LogP contribution in [0.15, 0.2) is 0 Å². The van der Waals surface area contributed by atoms with Gasteiger partial charge in [-0.15, -0.1) is 0 Å². The molecule has 4 fully saturated rings. The molecular weight excluding hydrogens is 276 g/mol. The van der Waals surface area contributed by atoms with Crippen LogP contribution in [-0.2, 0) is 0 Å². The van der Waals surface area contributed by atoms with Crippen LogP contribution in [-0.4, -0.2) is 0 Å². The van der Waals surface area contributed by atoms with Crippen LogP contribution in [0.5, 0.6) is 0 Å². The second kappa shape index (κ2) is 5.01. The van der Waals surface area contributed by atoms with Crippen molar-refractivity contribution < 1.29 is 0 Å². The van der Waals surface area contributed by atoms with Gasteiger partial charge >= 0.3 is 0 Å². The van der Waals surface area contributed by atoms with E-state index in [9.17, 15) is 0 Å². The Morgan fingerprint density at radius 2 is 1.52 bits per heavy atom. The summed E-state index contributed by atoms with van der Waals surface area (Å²) in [6, 6.07) is 0. The Morgan fingerprint density at radius 1 is 0.739 bits per heavy atom. The zero-order chi connectivity index (χ0) is 16.5. The fourth-order valence-electron chi connectivity index (χ4n) is 9.05. The standard InChI is InChI=1S/C23H40/c1-6-17-10-11-19-20(17,2)15-16-23(5)21(3)13-8-7-9-18(21)12-14-22(19,23)4/h17-19H,6-16H2,1-5H3/t17-,18-,19?,20+,21-,22-,23+/m0/s1. The fourth-order valence-corrected chi connectivity index (χ4v) is 9.05. The van der Waals surface area contributed by atoms with E-state index in [1.165, 1.54) is 70.6 Å². The van der Waals surface area contributed by atoms with Crippen molar-refractivity contribution in [2.45, 2.75) is 105 Å². The van der Waals surface area contributed by atoms with E-state index in [0.717, 1.165) is 17.8 Å². The highest BCUT2D eigenvalue weighted by Gasteiger charge is 2.69. The van der Waals surface area contributed by atoms with E-state index >= 15 is 0 Å². The monoisotopic (exact) mass is 316 g/mol. The fraction of sp³-hybridized carbons (Fsp3) is 1.00. The van der Waals surface area contributed by atoms with Crippen LogP contribution in [0.25, 0.3) is 0 Å². The second-order valence-corrected chi connectivity index (χ2v) is 10.9. The highest BCUT2D eigenvalue weighted by atomic mass is 14.7. The van der Waals surface area contributed by atoms with Crippen LogP contribution in [0.3, 0.4) is 0 Å². The lowest BCUT2D eigenvalue weighted by molar-refractivity contribution is -0.225. The topological polar surface area (TPSA) is 0 Å². The molecule has 0 aromatic rings. The molecule has 23 heavy (non-hydrogen) atoms. The summed E-state index contributed by atoms with van der Waals surface area (Å²) in [4.78, 5) is 0. The van der Waals surface area contributed by atoms with Gasteiger partial charge < -0.3 is 0 Å². The molecule has 0 aromatic carbocycles.